The lowest BCUT2D eigenvalue weighted by Gasteiger charge is -2.26. The number of amides is 3. The molecule has 1 aromatic carbocycles. The monoisotopic (exact) mass is 492 g/mol. The highest BCUT2D eigenvalue weighted by atomic mass is 16.4. The Kier molecular flexibility index (Phi) is 11.9. The van der Waals surface area contributed by atoms with Crippen LogP contribution >= 0.6 is 0 Å². The molecule has 0 heterocycles. The molecule has 35 heavy (non-hydrogen) atoms. The lowest BCUT2D eigenvalue weighted by atomic mass is 9.98. The molecular weight excluding hydrogens is 456 g/mol. The van der Waals surface area contributed by atoms with Crippen molar-refractivity contribution in [2.45, 2.75) is 71.1 Å². The van der Waals surface area contributed by atoms with Crippen LogP contribution in [0.3, 0.4) is 0 Å². The summed E-state index contributed by atoms with van der Waals surface area (Å²) >= 11 is 0. The summed E-state index contributed by atoms with van der Waals surface area (Å²) in [6.07, 6.45) is -0.258. The molecule has 0 bridgehead atoms. The summed E-state index contributed by atoms with van der Waals surface area (Å²) in [6, 6.07) is 3.95. The van der Waals surface area contributed by atoms with Crippen LogP contribution < -0.4 is 21.7 Å². The lowest BCUT2D eigenvalue weighted by molar-refractivity contribution is -0.144. The molecule has 11 nitrogen and oxygen atoms in total. The van der Waals surface area contributed by atoms with Crippen LogP contribution in [-0.4, -0.2) is 64.0 Å². The maximum Gasteiger partial charge on any atom is 0.326 e. The summed E-state index contributed by atoms with van der Waals surface area (Å²) in [7, 11) is 0. The molecule has 0 aromatic heterocycles. The smallest absolute Gasteiger partial charge is 0.326 e. The molecule has 0 saturated carbocycles. The molecule has 7 N–H and O–H groups in total. The first-order valence-electron chi connectivity index (χ1n) is 11.5. The molecule has 0 aliphatic rings. The molecule has 0 saturated heterocycles. The quantitative estimate of drug-likeness (QED) is 0.213. The SMILES string of the molecule is CCC(C)C(NC(=O)C(CC(=O)O)NC(=O)C(Cc1ccccc1)NC(=O)C(N)C(C)C)C(=O)O. The van der Waals surface area contributed by atoms with Crippen LogP contribution in [0.25, 0.3) is 0 Å². The molecule has 0 fully saturated rings. The Labute approximate surface area is 204 Å². The fourth-order valence-corrected chi connectivity index (χ4v) is 3.22. The molecular formula is C24H36N4O7. The lowest BCUT2D eigenvalue weighted by Crippen LogP contribution is -2.58. The van der Waals surface area contributed by atoms with Gasteiger partial charge in [0.1, 0.15) is 18.1 Å². The number of hydrogen-bond acceptors (Lipinski definition) is 6. The van der Waals surface area contributed by atoms with Gasteiger partial charge in [-0.2, -0.15) is 0 Å². The van der Waals surface area contributed by atoms with Crippen molar-refractivity contribution in [3.05, 3.63) is 35.9 Å². The van der Waals surface area contributed by atoms with E-state index in [1.807, 2.05) is 0 Å². The van der Waals surface area contributed by atoms with Crippen molar-refractivity contribution >= 4 is 29.7 Å². The van der Waals surface area contributed by atoms with E-state index >= 15 is 0 Å². The van der Waals surface area contributed by atoms with Gasteiger partial charge in [-0.3, -0.25) is 19.2 Å². The maximum atomic E-state index is 13.1. The van der Waals surface area contributed by atoms with E-state index in [2.05, 4.69) is 16.0 Å². The van der Waals surface area contributed by atoms with Gasteiger partial charge in [0, 0.05) is 6.42 Å². The zero-order chi connectivity index (χ0) is 26.7. The highest BCUT2D eigenvalue weighted by molar-refractivity contribution is 5.95. The van der Waals surface area contributed by atoms with Gasteiger partial charge in [-0.05, 0) is 17.4 Å². The third-order valence-corrected chi connectivity index (χ3v) is 5.73. The van der Waals surface area contributed by atoms with Gasteiger partial charge in [0.2, 0.25) is 17.7 Å². The van der Waals surface area contributed by atoms with Crippen molar-refractivity contribution in [3.8, 4) is 0 Å². The minimum Gasteiger partial charge on any atom is -0.481 e. The normalized spacial score (nSPS) is 15.3. The largest absolute Gasteiger partial charge is 0.481 e. The third-order valence-electron chi connectivity index (χ3n) is 5.73. The maximum absolute atomic E-state index is 13.1. The number of rotatable bonds is 14. The summed E-state index contributed by atoms with van der Waals surface area (Å²) in [5, 5.41) is 26.0. The van der Waals surface area contributed by atoms with E-state index in [1.54, 1.807) is 58.0 Å². The van der Waals surface area contributed by atoms with E-state index in [9.17, 15) is 34.2 Å². The Hall–Kier alpha value is -3.47. The number of aliphatic carboxylic acids is 2. The first kappa shape index (κ1) is 29.6. The van der Waals surface area contributed by atoms with Crippen LogP contribution in [-0.2, 0) is 30.4 Å². The summed E-state index contributed by atoms with van der Waals surface area (Å²) in [4.78, 5) is 61.4. The van der Waals surface area contributed by atoms with E-state index in [0.717, 1.165) is 0 Å². The van der Waals surface area contributed by atoms with Crippen LogP contribution in [0.4, 0.5) is 0 Å². The Morgan fingerprint density at radius 2 is 1.40 bits per heavy atom. The van der Waals surface area contributed by atoms with E-state index in [0.29, 0.717) is 12.0 Å². The van der Waals surface area contributed by atoms with Crippen LogP contribution in [0.2, 0.25) is 0 Å². The van der Waals surface area contributed by atoms with Gasteiger partial charge >= 0.3 is 11.9 Å². The minimum atomic E-state index is -1.56. The topological polar surface area (TPSA) is 188 Å². The van der Waals surface area contributed by atoms with Crippen molar-refractivity contribution in [3.63, 3.8) is 0 Å². The van der Waals surface area contributed by atoms with Gasteiger partial charge in [-0.25, -0.2) is 4.79 Å². The Morgan fingerprint density at radius 1 is 0.857 bits per heavy atom. The molecule has 0 aliphatic heterocycles. The van der Waals surface area contributed by atoms with Crippen LogP contribution in [0.15, 0.2) is 30.3 Å². The standard InChI is InChI=1S/C24H36N4O7/c1-5-14(4)20(24(34)35)28-22(32)17(12-18(29)30)26-21(31)16(11-15-9-7-6-8-10-15)27-23(33)19(25)13(2)3/h6-10,13-14,16-17,19-20H,5,11-12,25H2,1-4H3,(H,26,31)(H,27,33)(H,28,32)(H,29,30)(H,34,35). The predicted molar refractivity (Wildman–Crippen MR) is 128 cm³/mol. The highest BCUT2D eigenvalue weighted by Crippen LogP contribution is 2.10. The Bertz CT molecular complexity index is 891. The Balaban J connectivity index is 3.14. The second-order valence-corrected chi connectivity index (χ2v) is 8.89. The zero-order valence-corrected chi connectivity index (χ0v) is 20.5. The molecule has 0 aliphatic carbocycles. The molecule has 11 heteroatoms. The van der Waals surface area contributed by atoms with E-state index in [-0.39, 0.29) is 12.3 Å². The average Bonchev–Trinajstić information content (AvgIpc) is 2.80. The molecule has 194 valence electrons. The average molecular weight is 493 g/mol. The number of carboxylic acids is 2. The van der Waals surface area contributed by atoms with E-state index in [1.165, 1.54) is 0 Å². The second kappa shape index (κ2) is 14.1. The molecule has 0 spiro atoms. The van der Waals surface area contributed by atoms with Crippen molar-refractivity contribution < 1.29 is 34.2 Å². The fourth-order valence-electron chi connectivity index (χ4n) is 3.22. The molecule has 0 radical (unpaired) electrons. The van der Waals surface area contributed by atoms with Gasteiger partial charge in [-0.1, -0.05) is 64.4 Å². The molecule has 1 rings (SSSR count). The highest BCUT2D eigenvalue weighted by Gasteiger charge is 2.33. The first-order chi connectivity index (χ1) is 16.4. The molecule has 3 amide bonds. The van der Waals surface area contributed by atoms with Crippen molar-refractivity contribution in [1.29, 1.82) is 0 Å². The minimum absolute atomic E-state index is 0.0647. The van der Waals surface area contributed by atoms with E-state index < -0.39 is 66.2 Å². The molecule has 5 atom stereocenters. The molecule has 1 aromatic rings. The number of nitrogens with one attached hydrogen (secondary N) is 3. The fraction of sp³-hybridized carbons (Fsp3) is 0.542. The summed E-state index contributed by atoms with van der Waals surface area (Å²) < 4.78 is 0. The third kappa shape index (κ3) is 9.73. The number of carbonyl (C=O) groups is 5. The summed E-state index contributed by atoms with van der Waals surface area (Å²) in [5.41, 5.74) is 6.62. The molecule has 5 unspecified atom stereocenters. The van der Waals surface area contributed by atoms with E-state index in [4.69, 9.17) is 5.73 Å². The number of nitrogens with two attached hydrogens (primary N) is 1. The number of benzene rings is 1. The van der Waals surface area contributed by atoms with Crippen molar-refractivity contribution in [1.82, 2.24) is 16.0 Å². The van der Waals surface area contributed by atoms with Crippen molar-refractivity contribution in [2.75, 3.05) is 0 Å². The van der Waals surface area contributed by atoms with Crippen molar-refractivity contribution in [2.24, 2.45) is 17.6 Å². The number of hydrogen-bond donors (Lipinski definition) is 6. The van der Waals surface area contributed by atoms with Crippen LogP contribution in [0.1, 0.15) is 46.1 Å². The van der Waals surface area contributed by atoms with Gasteiger partial charge in [-0.15, -0.1) is 0 Å². The zero-order valence-electron chi connectivity index (χ0n) is 20.5. The summed E-state index contributed by atoms with van der Waals surface area (Å²) in [5.74, 6) is -5.59. The first-order valence-corrected chi connectivity index (χ1v) is 11.5. The second-order valence-electron chi connectivity index (χ2n) is 8.89. The Morgan fingerprint density at radius 3 is 1.89 bits per heavy atom. The number of carbonyl (C=O) groups excluding carboxylic acids is 3. The van der Waals surface area contributed by atoms with Gasteiger partial charge < -0.3 is 31.9 Å². The summed E-state index contributed by atoms with van der Waals surface area (Å²) in [6.45, 7) is 6.88. The van der Waals surface area contributed by atoms with Gasteiger partial charge in [0.05, 0.1) is 12.5 Å². The number of carboxylic acid groups (broad SMARTS) is 2. The predicted octanol–water partition coefficient (Wildman–Crippen LogP) is 0.272. The van der Waals surface area contributed by atoms with Crippen LogP contribution in [0.5, 0.6) is 0 Å². The van der Waals surface area contributed by atoms with Crippen LogP contribution in [0, 0.1) is 11.8 Å². The van der Waals surface area contributed by atoms with Gasteiger partial charge in [0.25, 0.3) is 0 Å². The van der Waals surface area contributed by atoms with Gasteiger partial charge in [0.15, 0.2) is 0 Å².